The lowest BCUT2D eigenvalue weighted by Crippen LogP contribution is -2.29. The van der Waals surface area contributed by atoms with Crippen LogP contribution in [0.15, 0.2) is 131 Å². The summed E-state index contributed by atoms with van der Waals surface area (Å²) in [6, 6.07) is 35.3. The number of Topliss-reactive ketones (excluding diaryl/α,β-unsaturated/α-hetero) is 1. The molecule has 1 N–H and O–H groups in total. The largest absolute Gasteiger partial charge is 0.507 e. The molecule has 5 aromatic carbocycles. The molecule has 1 unspecified atom stereocenters. The van der Waals surface area contributed by atoms with Crippen molar-refractivity contribution < 1.29 is 24.2 Å². The van der Waals surface area contributed by atoms with E-state index in [1.54, 1.807) is 60.7 Å². The molecule has 260 valence electrons. The topological polar surface area (TPSA) is 102 Å². The number of halogens is 2. The molecular weight excluding hydrogens is 737 g/mol. The molecular formula is C40H29Cl2N3O5S2. The summed E-state index contributed by atoms with van der Waals surface area (Å²) in [6.07, 6.45) is 0. The van der Waals surface area contributed by atoms with Crippen LogP contribution in [0.5, 0.6) is 17.2 Å². The Balaban J connectivity index is 1.22. The molecule has 1 aromatic heterocycles. The summed E-state index contributed by atoms with van der Waals surface area (Å²) in [5.74, 6) is 0.141. The highest BCUT2D eigenvalue weighted by Gasteiger charge is 2.48. The van der Waals surface area contributed by atoms with Gasteiger partial charge >= 0.3 is 5.91 Å². The number of benzene rings is 5. The van der Waals surface area contributed by atoms with Gasteiger partial charge in [0, 0.05) is 21.4 Å². The van der Waals surface area contributed by atoms with Crippen molar-refractivity contribution in [2.75, 3.05) is 4.90 Å². The van der Waals surface area contributed by atoms with Crippen LogP contribution in [0.25, 0.3) is 5.76 Å². The fraction of sp³-hybridized carbons (Fsp3) is 0.100. The average Bonchev–Trinajstić information content (AvgIpc) is 3.72. The van der Waals surface area contributed by atoms with E-state index < -0.39 is 17.7 Å². The van der Waals surface area contributed by atoms with Crippen molar-refractivity contribution in [1.29, 1.82) is 0 Å². The van der Waals surface area contributed by atoms with E-state index in [1.807, 2.05) is 67.6 Å². The number of nitrogens with zero attached hydrogens (tertiary/aromatic N) is 3. The molecule has 12 heteroatoms. The monoisotopic (exact) mass is 765 g/mol. The molecule has 2 heterocycles. The minimum atomic E-state index is -1.03. The first-order valence-electron chi connectivity index (χ1n) is 16.1. The van der Waals surface area contributed by atoms with Gasteiger partial charge in [-0.3, -0.25) is 14.5 Å². The van der Waals surface area contributed by atoms with E-state index in [1.165, 1.54) is 16.7 Å². The predicted molar refractivity (Wildman–Crippen MR) is 206 cm³/mol. The number of rotatable bonds is 11. The number of thioether (sulfide) groups is 1. The summed E-state index contributed by atoms with van der Waals surface area (Å²) in [7, 11) is 0. The number of carbonyl (C=O) groups excluding carboxylic acids is 2. The van der Waals surface area contributed by atoms with Gasteiger partial charge in [0.05, 0.1) is 11.6 Å². The molecule has 1 amide bonds. The fourth-order valence-corrected chi connectivity index (χ4v) is 8.11. The minimum absolute atomic E-state index is 0.0901. The number of ketones is 1. The standard InChI is InChI=1S/C40H29Cl2N3O5S2/c1-24-7-5-8-25(19-24)22-49-30-17-14-26(15-18-30)36(46)34-35(27-9-6-12-32(20-27)50-31-10-3-2-4-11-31)45(38(48)37(34)47)39-43-44-40(52-39)51-23-28-13-16-29(41)21-33(28)42/h2-21,35,46H,22-23H2,1H3. The second kappa shape index (κ2) is 15.6. The van der Waals surface area contributed by atoms with Crippen molar-refractivity contribution in [1.82, 2.24) is 10.2 Å². The van der Waals surface area contributed by atoms with Gasteiger partial charge in [0.25, 0.3) is 5.78 Å². The molecule has 0 radical (unpaired) electrons. The molecule has 1 saturated heterocycles. The summed E-state index contributed by atoms with van der Waals surface area (Å²) in [5, 5.41) is 21.6. The first-order valence-corrected chi connectivity index (χ1v) is 18.6. The van der Waals surface area contributed by atoms with Crippen molar-refractivity contribution in [3.63, 3.8) is 0 Å². The summed E-state index contributed by atoms with van der Waals surface area (Å²) in [4.78, 5) is 29.0. The van der Waals surface area contributed by atoms with E-state index in [9.17, 15) is 14.7 Å². The lowest BCUT2D eigenvalue weighted by Gasteiger charge is -2.23. The normalized spacial score (nSPS) is 15.2. The number of aliphatic hydroxyl groups is 1. The van der Waals surface area contributed by atoms with E-state index in [2.05, 4.69) is 10.2 Å². The lowest BCUT2D eigenvalue weighted by atomic mass is 9.95. The average molecular weight is 767 g/mol. The predicted octanol–water partition coefficient (Wildman–Crippen LogP) is 10.4. The van der Waals surface area contributed by atoms with Crippen LogP contribution in [0.2, 0.25) is 10.0 Å². The summed E-state index contributed by atoms with van der Waals surface area (Å²) >= 11 is 15.0. The molecule has 6 aromatic rings. The number of aryl methyl sites for hydroxylation is 1. The van der Waals surface area contributed by atoms with Crippen LogP contribution in [0.3, 0.4) is 0 Å². The van der Waals surface area contributed by atoms with Crippen LogP contribution in [0, 0.1) is 6.92 Å². The number of ether oxygens (including phenoxy) is 2. The first-order chi connectivity index (χ1) is 25.2. The first kappa shape index (κ1) is 35.3. The fourth-order valence-electron chi connectivity index (χ4n) is 5.69. The molecule has 1 aliphatic rings. The molecule has 1 atom stereocenters. The van der Waals surface area contributed by atoms with Crippen molar-refractivity contribution in [2.24, 2.45) is 0 Å². The Hall–Kier alpha value is -5.13. The number of amides is 1. The van der Waals surface area contributed by atoms with Crippen molar-refractivity contribution in [3.8, 4) is 17.2 Å². The number of anilines is 1. The Bertz CT molecular complexity index is 2300. The van der Waals surface area contributed by atoms with Crippen LogP contribution < -0.4 is 14.4 Å². The van der Waals surface area contributed by atoms with Crippen molar-refractivity contribution >= 4 is 68.9 Å². The number of hydrogen-bond acceptors (Lipinski definition) is 9. The van der Waals surface area contributed by atoms with E-state index in [0.717, 1.165) is 28.0 Å². The van der Waals surface area contributed by atoms with Gasteiger partial charge in [0.15, 0.2) is 4.34 Å². The Morgan fingerprint density at radius 3 is 2.38 bits per heavy atom. The molecule has 1 aliphatic heterocycles. The number of aliphatic hydroxyl groups excluding tert-OH is 1. The third-order valence-electron chi connectivity index (χ3n) is 8.18. The third kappa shape index (κ3) is 7.85. The van der Waals surface area contributed by atoms with E-state index in [-0.39, 0.29) is 16.5 Å². The van der Waals surface area contributed by atoms with Gasteiger partial charge in [-0.2, -0.15) is 0 Å². The van der Waals surface area contributed by atoms with Gasteiger partial charge in [0.2, 0.25) is 5.13 Å². The van der Waals surface area contributed by atoms with E-state index in [4.69, 9.17) is 32.7 Å². The quantitative estimate of drug-likeness (QED) is 0.0457. The van der Waals surface area contributed by atoms with Gasteiger partial charge in [0.1, 0.15) is 29.6 Å². The Morgan fingerprint density at radius 1 is 0.846 bits per heavy atom. The SMILES string of the molecule is Cc1cccc(COc2ccc(C(O)=C3C(=O)C(=O)N(c4nnc(SCc5ccc(Cl)cc5Cl)s4)C3c3cccc(Oc4ccccc4)c3)cc2)c1. The minimum Gasteiger partial charge on any atom is -0.507 e. The molecule has 0 aliphatic carbocycles. The molecule has 0 spiro atoms. The summed E-state index contributed by atoms with van der Waals surface area (Å²) < 4.78 is 12.6. The van der Waals surface area contributed by atoms with Crippen LogP contribution in [0.1, 0.15) is 33.9 Å². The highest BCUT2D eigenvalue weighted by molar-refractivity contribution is 8.00. The Kier molecular flexibility index (Phi) is 10.6. The molecule has 52 heavy (non-hydrogen) atoms. The van der Waals surface area contributed by atoms with Gasteiger partial charge in [-0.15, -0.1) is 10.2 Å². The molecule has 0 saturated carbocycles. The van der Waals surface area contributed by atoms with Crippen molar-refractivity contribution in [2.45, 2.75) is 29.7 Å². The smallest absolute Gasteiger partial charge is 0.301 e. The second-order valence-corrected chi connectivity index (χ2v) is 14.9. The maximum atomic E-state index is 13.9. The number of hydrogen-bond donors (Lipinski definition) is 1. The van der Waals surface area contributed by atoms with Crippen molar-refractivity contribution in [3.05, 3.63) is 165 Å². The summed E-state index contributed by atoms with van der Waals surface area (Å²) in [5.41, 5.74) is 3.80. The highest BCUT2D eigenvalue weighted by atomic mass is 35.5. The number of para-hydroxylation sites is 1. The Morgan fingerprint density at radius 2 is 1.62 bits per heavy atom. The van der Waals surface area contributed by atoms with Crippen LogP contribution in [0.4, 0.5) is 5.13 Å². The molecule has 8 nitrogen and oxygen atoms in total. The maximum absolute atomic E-state index is 13.9. The summed E-state index contributed by atoms with van der Waals surface area (Å²) in [6.45, 7) is 2.39. The van der Waals surface area contributed by atoms with Gasteiger partial charge in [-0.05, 0) is 84.3 Å². The zero-order valence-electron chi connectivity index (χ0n) is 27.5. The zero-order valence-corrected chi connectivity index (χ0v) is 30.7. The molecule has 1 fully saturated rings. The van der Waals surface area contributed by atoms with E-state index >= 15 is 0 Å². The molecule has 0 bridgehead atoms. The zero-order chi connectivity index (χ0) is 36.2. The second-order valence-electron chi connectivity index (χ2n) is 11.8. The Labute approximate surface area is 318 Å². The van der Waals surface area contributed by atoms with Gasteiger partial charge < -0.3 is 14.6 Å². The number of aromatic nitrogens is 2. The lowest BCUT2D eigenvalue weighted by molar-refractivity contribution is -0.132. The van der Waals surface area contributed by atoms with E-state index in [0.29, 0.717) is 55.1 Å². The number of carbonyl (C=O) groups is 2. The van der Waals surface area contributed by atoms with Crippen LogP contribution in [-0.2, 0) is 21.9 Å². The maximum Gasteiger partial charge on any atom is 0.301 e. The third-order valence-corrected chi connectivity index (χ3v) is 10.9. The highest BCUT2D eigenvalue weighted by Crippen LogP contribution is 2.45. The van der Waals surface area contributed by atoms with Crippen LogP contribution in [-0.4, -0.2) is 27.0 Å². The molecule has 7 rings (SSSR count). The van der Waals surface area contributed by atoms with Gasteiger partial charge in [-0.25, -0.2) is 0 Å². The van der Waals surface area contributed by atoms with Gasteiger partial charge in [-0.1, -0.05) is 113 Å². The van der Waals surface area contributed by atoms with Crippen LogP contribution >= 0.6 is 46.3 Å².